The Kier molecular flexibility index (Phi) is 3.62. The molecule has 2 heterocycles. The lowest BCUT2D eigenvalue weighted by molar-refractivity contribution is 0.474. The van der Waals surface area contributed by atoms with Crippen molar-refractivity contribution in [1.82, 2.24) is 19.8 Å². The average Bonchev–Trinajstić information content (AvgIpc) is 3.09. The highest BCUT2D eigenvalue weighted by Gasteiger charge is 2.12. The minimum atomic E-state index is 0.244. The minimum absolute atomic E-state index is 0.244. The van der Waals surface area contributed by atoms with Gasteiger partial charge < -0.3 is 10.4 Å². The van der Waals surface area contributed by atoms with Crippen LogP contribution < -0.4 is 5.32 Å². The zero-order valence-electron chi connectivity index (χ0n) is 13.0. The number of nitrogens with one attached hydrogen (secondary N) is 1. The number of anilines is 2. The molecule has 7 heteroatoms. The van der Waals surface area contributed by atoms with Crippen LogP contribution in [0.4, 0.5) is 10.8 Å². The summed E-state index contributed by atoms with van der Waals surface area (Å²) < 4.78 is 1.74. The number of rotatable bonds is 4. The maximum atomic E-state index is 9.58. The number of phenols is 1. The summed E-state index contributed by atoms with van der Waals surface area (Å²) in [6.07, 6.45) is 0.559. The van der Waals surface area contributed by atoms with Gasteiger partial charge in [-0.1, -0.05) is 35.6 Å². The fraction of sp³-hybridized carbons (Fsp3) is 0.118. The molecule has 0 bridgehead atoms. The highest BCUT2D eigenvalue weighted by atomic mass is 32.1. The lowest BCUT2D eigenvalue weighted by Crippen LogP contribution is -1.98. The summed E-state index contributed by atoms with van der Waals surface area (Å²) in [7, 11) is 0. The summed E-state index contributed by atoms with van der Waals surface area (Å²) in [6, 6.07) is 15.3. The molecule has 0 aliphatic heterocycles. The van der Waals surface area contributed by atoms with Crippen LogP contribution in [-0.4, -0.2) is 24.9 Å². The third-order valence-electron chi connectivity index (χ3n) is 3.60. The molecule has 0 aliphatic carbocycles. The second-order valence-electron chi connectivity index (χ2n) is 5.56. The van der Waals surface area contributed by atoms with Crippen LogP contribution in [0.1, 0.15) is 17.0 Å². The van der Waals surface area contributed by atoms with E-state index < -0.39 is 0 Å². The number of nitrogens with zero attached hydrogens (tertiary/aromatic N) is 4. The van der Waals surface area contributed by atoms with E-state index in [2.05, 4.69) is 39.7 Å². The van der Waals surface area contributed by atoms with Crippen LogP contribution in [0.3, 0.4) is 0 Å². The number of hydrogen-bond acceptors (Lipinski definition) is 6. The van der Waals surface area contributed by atoms with Crippen molar-refractivity contribution in [3.63, 3.8) is 0 Å². The molecule has 4 aromatic rings. The van der Waals surface area contributed by atoms with E-state index in [1.807, 2.05) is 24.3 Å². The maximum absolute atomic E-state index is 9.58. The van der Waals surface area contributed by atoms with Crippen LogP contribution in [0.2, 0.25) is 0 Å². The van der Waals surface area contributed by atoms with Crippen LogP contribution in [0, 0.1) is 6.92 Å². The maximum Gasteiger partial charge on any atom is 0.236 e. The summed E-state index contributed by atoms with van der Waals surface area (Å²) in [4.78, 5) is 0.736. The normalized spacial score (nSPS) is 11.0. The summed E-state index contributed by atoms with van der Waals surface area (Å²) >= 11 is 1.45. The molecule has 0 unspecified atom stereocenters. The first-order valence-corrected chi connectivity index (χ1v) is 8.32. The number of phenolic OH excluding ortho intramolecular Hbond substituents is 1. The second kappa shape index (κ2) is 5.93. The summed E-state index contributed by atoms with van der Waals surface area (Å²) in [6.45, 7) is 2.05. The number of aryl methyl sites for hydroxylation is 1. The van der Waals surface area contributed by atoms with Crippen molar-refractivity contribution in [3.05, 3.63) is 65.5 Å². The Morgan fingerprint density at radius 3 is 2.83 bits per heavy atom. The van der Waals surface area contributed by atoms with Crippen LogP contribution in [0.5, 0.6) is 5.75 Å². The fourth-order valence-electron chi connectivity index (χ4n) is 2.51. The van der Waals surface area contributed by atoms with Crippen molar-refractivity contribution in [2.75, 3.05) is 5.32 Å². The fourth-order valence-corrected chi connectivity index (χ4v) is 3.29. The summed E-state index contributed by atoms with van der Waals surface area (Å²) in [5.41, 5.74) is 3.15. The van der Waals surface area contributed by atoms with Gasteiger partial charge in [0.05, 0.1) is 0 Å². The summed E-state index contributed by atoms with van der Waals surface area (Å²) in [5.74, 6) is 0.984. The first-order valence-electron chi connectivity index (χ1n) is 7.50. The van der Waals surface area contributed by atoms with Crippen LogP contribution in [0.25, 0.3) is 4.96 Å². The molecule has 4 rings (SSSR count). The highest BCUT2D eigenvalue weighted by Crippen LogP contribution is 2.24. The number of aromatic hydroxyl groups is 1. The van der Waals surface area contributed by atoms with Gasteiger partial charge >= 0.3 is 0 Å². The Bertz CT molecular complexity index is 1010. The largest absolute Gasteiger partial charge is 0.508 e. The molecular weight excluding hydrogens is 322 g/mol. The molecule has 0 saturated carbocycles. The molecular formula is C17H15N5OS. The van der Waals surface area contributed by atoms with Crippen LogP contribution in [0.15, 0.2) is 48.5 Å². The van der Waals surface area contributed by atoms with Crippen LogP contribution in [-0.2, 0) is 6.42 Å². The molecule has 0 atom stereocenters. The van der Waals surface area contributed by atoms with Crippen molar-refractivity contribution in [2.45, 2.75) is 13.3 Å². The summed E-state index contributed by atoms with van der Waals surface area (Å²) in [5, 5.41) is 26.6. The van der Waals surface area contributed by atoms with Crippen molar-refractivity contribution in [2.24, 2.45) is 0 Å². The monoisotopic (exact) mass is 337 g/mol. The Morgan fingerprint density at radius 1 is 1.12 bits per heavy atom. The van der Waals surface area contributed by atoms with E-state index >= 15 is 0 Å². The Labute approximate surface area is 142 Å². The van der Waals surface area contributed by atoms with Gasteiger partial charge in [0, 0.05) is 12.1 Å². The Balaban J connectivity index is 1.61. The molecule has 2 aromatic carbocycles. The predicted octanol–water partition coefficient (Wildman–Crippen LogP) is 3.53. The second-order valence-corrected chi connectivity index (χ2v) is 6.51. The third kappa shape index (κ3) is 2.93. The third-order valence-corrected chi connectivity index (χ3v) is 4.41. The molecule has 0 aliphatic rings. The molecule has 0 spiro atoms. The minimum Gasteiger partial charge on any atom is -0.508 e. The topological polar surface area (TPSA) is 75.3 Å². The van der Waals surface area contributed by atoms with E-state index in [-0.39, 0.29) is 5.75 Å². The molecule has 120 valence electrons. The molecule has 2 N–H and O–H groups in total. The predicted molar refractivity (Wildman–Crippen MR) is 94.0 cm³/mol. The first-order chi connectivity index (χ1) is 11.7. The highest BCUT2D eigenvalue weighted by molar-refractivity contribution is 7.20. The number of fused-ring (bicyclic) bond motifs is 1. The molecule has 0 saturated heterocycles. The lowest BCUT2D eigenvalue weighted by Gasteiger charge is -2.02. The molecule has 24 heavy (non-hydrogen) atoms. The van der Waals surface area contributed by atoms with Gasteiger partial charge in [0.2, 0.25) is 10.1 Å². The van der Waals surface area contributed by atoms with Gasteiger partial charge in [-0.2, -0.15) is 4.52 Å². The van der Waals surface area contributed by atoms with Crippen molar-refractivity contribution < 1.29 is 5.11 Å². The van der Waals surface area contributed by atoms with Gasteiger partial charge in [-0.25, -0.2) is 0 Å². The Morgan fingerprint density at radius 2 is 2.00 bits per heavy atom. The molecule has 0 radical (unpaired) electrons. The average molecular weight is 337 g/mol. The first kappa shape index (κ1) is 14.6. The quantitative estimate of drug-likeness (QED) is 0.596. The van der Waals surface area contributed by atoms with Gasteiger partial charge in [0.25, 0.3) is 0 Å². The molecule has 0 fully saturated rings. The van der Waals surface area contributed by atoms with E-state index in [1.54, 1.807) is 16.6 Å². The number of benzene rings is 2. The zero-order valence-corrected chi connectivity index (χ0v) is 13.8. The number of hydrogen-bond donors (Lipinski definition) is 2. The molecule has 0 amide bonds. The smallest absolute Gasteiger partial charge is 0.236 e. The van der Waals surface area contributed by atoms with Gasteiger partial charge in [0.15, 0.2) is 5.82 Å². The van der Waals surface area contributed by atoms with E-state index in [4.69, 9.17) is 0 Å². The van der Waals surface area contributed by atoms with Crippen molar-refractivity contribution >= 4 is 27.1 Å². The van der Waals surface area contributed by atoms with E-state index in [0.29, 0.717) is 6.42 Å². The lowest BCUT2D eigenvalue weighted by atomic mass is 10.1. The van der Waals surface area contributed by atoms with Gasteiger partial charge in [-0.05, 0) is 42.3 Å². The van der Waals surface area contributed by atoms with Crippen LogP contribution >= 0.6 is 11.3 Å². The van der Waals surface area contributed by atoms with Gasteiger partial charge in [-0.15, -0.1) is 15.3 Å². The van der Waals surface area contributed by atoms with E-state index in [1.165, 1.54) is 16.9 Å². The van der Waals surface area contributed by atoms with Crippen molar-refractivity contribution in [1.29, 1.82) is 0 Å². The molecule has 2 aromatic heterocycles. The van der Waals surface area contributed by atoms with E-state index in [9.17, 15) is 5.11 Å². The Hall–Kier alpha value is -2.93. The van der Waals surface area contributed by atoms with E-state index in [0.717, 1.165) is 27.2 Å². The standard InChI is InChI=1S/C17H15N5OS/c1-11-4-2-6-13(8-11)18-16-21-22-15(19-20-17(22)24-16)10-12-5-3-7-14(23)9-12/h2-9,23H,10H2,1H3,(H,18,21). The SMILES string of the molecule is Cc1cccc(Nc2nn3c(Cc4cccc(O)c4)nnc3s2)c1. The number of aromatic nitrogens is 4. The van der Waals surface area contributed by atoms with Crippen molar-refractivity contribution in [3.8, 4) is 5.75 Å². The molecule has 6 nitrogen and oxygen atoms in total. The van der Waals surface area contributed by atoms with Gasteiger partial charge in [0.1, 0.15) is 5.75 Å². The zero-order chi connectivity index (χ0) is 16.5. The van der Waals surface area contributed by atoms with Gasteiger partial charge in [-0.3, -0.25) is 0 Å².